The second-order valence-electron chi connectivity index (χ2n) is 4.93. The Morgan fingerprint density at radius 1 is 1.04 bits per heavy atom. The van der Waals surface area contributed by atoms with Gasteiger partial charge in [0.1, 0.15) is 5.75 Å². The lowest BCUT2D eigenvalue weighted by atomic mass is 10.1. The van der Waals surface area contributed by atoms with Crippen LogP contribution in [-0.2, 0) is 4.79 Å². The molecule has 2 aromatic rings. The van der Waals surface area contributed by atoms with E-state index in [1.807, 2.05) is 6.92 Å². The summed E-state index contributed by atoms with van der Waals surface area (Å²) in [7, 11) is 0. The molecular weight excluding hydrogens is 406 g/mol. The van der Waals surface area contributed by atoms with Gasteiger partial charge in [-0.3, -0.25) is 4.79 Å². The second kappa shape index (κ2) is 9.30. The molecule has 0 saturated heterocycles. The summed E-state index contributed by atoms with van der Waals surface area (Å²) >= 11 is 23.8. The summed E-state index contributed by atoms with van der Waals surface area (Å²) in [4.78, 5) is 11.9. The van der Waals surface area contributed by atoms with Crippen molar-refractivity contribution in [3.05, 3.63) is 62.1 Å². The monoisotopic (exact) mass is 418 g/mol. The van der Waals surface area contributed by atoms with Crippen molar-refractivity contribution < 1.29 is 9.53 Å². The molecule has 0 aliphatic rings. The average molecular weight is 420 g/mol. The Kier molecular flexibility index (Phi) is 7.38. The highest BCUT2D eigenvalue weighted by atomic mass is 35.5. The van der Waals surface area contributed by atoms with E-state index in [1.54, 1.807) is 30.3 Å². The van der Waals surface area contributed by atoms with E-state index in [0.29, 0.717) is 43.5 Å². The van der Waals surface area contributed by atoms with Crippen LogP contribution in [0.5, 0.6) is 5.75 Å². The highest BCUT2D eigenvalue weighted by Crippen LogP contribution is 2.27. The summed E-state index contributed by atoms with van der Waals surface area (Å²) < 4.78 is 5.35. The number of halogens is 4. The third kappa shape index (κ3) is 5.79. The number of hydrazone groups is 1. The van der Waals surface area contributed by atoms with Crippen molar-refractivity contribution in [2.45, 2.75) is 13.3 Å². The van der Waals surface area contributed by atoms with Crippen molar-refractivity contribution >= 4 is 58.0 Å². The molecule has 0 aliphatic heterocycles. The molecule has 0 unspecified atom stereocenters. The number of hydrogen-bond donors (Lipinski definition) is 1. The Hall–Kier alpha value is -1.46. The number of ether oxygens (including phenoxy) is 1. The van der Waals surface area contributed by atoms with Crippen LogP contribution in [-0.4, -0.2) is 18.2 Å². The van der Waals surface area contributed by atoms with Crippen molar-refractivity contribution in [2.24, 2.45) is 5.10 Å². The van der Waals surface area contributed by atoms with E-state index in [1.165, 1.54) is 6.07 Å². The largest absolute Gasteiger partial charge is 0.482 e. The number of hydrogen-bond acceptors (Lipinski definition) is 3. The summed E-state index contributed by atoms with van der Waals surface area (Å²) in [5.41, 5.74) is 3.77. The minimum absolute atomic E-state index is 0.240. The third-order valence-corrected chi connectivity index (χ3v) is 4.22. The first-order valence-electron chi connectivity index (χ1n) is 7.29. The fraction of sp³-hybridized carbons (Fsp3) is 0.176. The van der Waals surface area contributed by atoms with Gasteiger partial charge < -0.3 is 4.74 Å². The van der Waals surface area contributed by atoms with Gasteiger partial charge in [-0.25, -0.2) is 5.43 Å². The standard InChI is InChI=1S/C17H14Cl4N2O2/c1-2-15(12-5-3-10(18)7-13(12)20)22-23-17(24)9-25-16-6-4-11(19)8-14(16)21/h3-8H,2,9H2,1H3,(H,23,24)/b22-15-. The Bertz CT molecular complexity index is 809. The van der Waals surface area contributed by atoms with E-state index >= 15 is 0 Å². The van der Waals surface area contributed by atoms with Crippen molar-refractivity contribution in [3.63, 3.8) is 0 Å². The molecule has 0 atom stereocenters. The molecule has 0 fully saturated rings. The smallest absolute Gasteiger partial charge is 0.277 e. The maximum Gasteiger partial charge on any atom is 0.277 e. The lowest BCUT2D eigenvalue weighted by Gasteiger charge is -2.09. The number of nitrogens with one attached hydrogen (secondary N) is 1. The van der Waals surface area contributed by atoms with Crippen LogP contribution < -0.4 is 10.2 Å². The van der Waals surface area contributed by atoms with Crippen LogP contribution in [0.3, 0.4) is 0 Å². The number of nitrogens with zero attached hydrogens (tertiary/aromatic N) is 1. The first-order chi connectivity index (χ1) is 11.9. The fourth-order valence-electron chi connectivity index (χ4n) is 1.95. The Labute approximate surface area is 165 Å². The number of carbonyl (C=O) groups is 1. The number of rotatable bonds is 6. The van der Waals surface area contributed by atoms with Crippen LogP contribution in [0, 0.1) is 0 Å². The van der Waals surface area contributed by atoms with E-state index in [9.17, 15) is 4.79 Å². The van der Waals surface area contributed by atoms with Crippen LogP contribution in [0.15, 0.2) is 41.5 Å². The molecule has 8 heteroatoms. The summed E-state index contributed by atoms with van der Waals surface area (Å²) in [5.74, 6) is -0.0660. The Balaban J connectivity index is 2.00. The topological polar surface area (TPSA) is 50.7 Å². The van der Waals surface area contributed by atoms with Crippen LogP contribution in [0.4, 0.5) is 0 Å². The molecule has 0 aromatic heterocycles. The molecule has 0 saturated carbocycles. The first-order valence-corrected chi connectivity index (χ1v) is 8.80. The number of carbonyl (C=O) groups excluding carboxylic acids is 1. The maximum absolute atomic E-state index is 11.9. The molecule has 2 aromatic carbocycles. The number of benzene rings is 2. The zero-order valence-electron chi connectivity index (χ0n) is 13.2. The molecule has 1 N–H and O–H groups in total. The molecule has 0 heterocycles. The summed E-state index contributed by atoms with van der Waals surface area (Å²) in [5, 5.41) is 5.91. The first kappa shape index (κ1) is 19.9. The van der Waals surface area contributed by atoms with E-state index in [0.717, 1.165) is 0 Å². The fourth-order valence-corrected chi connectivity index (χ4v) is 2.93. The van der Waals surface area contributed by atoms with E-state index in [2.05, 4.69) is 10.5 Å². The zero-order valence-corrected chi connectivity index (χ0v) is 16.2. The second-order valence-corrected chi connectivity index (χ2v) is 6.62. The normalized spacial score (nSPS) is 11.3. The Morgan fingerprint density at radius 3 is 2.28 bits per heavy atom. The van der Waals surface area contributed by atoms with Gasteiger partial charge in [0.2, 0.25) is 0 Å². The van der Waals surface area contributed by atoms with Gasteiger partial charge >= 0.3 is 0 Å². The molecular formula is C17H14Cl4N2O2. The molecule has 4 nitrogen and oxygen atoms in total. The molecule has 132 valence electrons. The van der Waals surface area contributed by atoms with Crippen LogP contribution in [0.25, 0.3) is 0 Å². The van der Waals surface area contributed by atoms with E-state index in [-0.39, 0.29) is 6.61 Å². The van der Waals surface area contributed by atoms with Gasteiger partial charge in [-0.1, -0.05) is 59.4 Å². The highest BCUT2D eigenvalue weighted by molar-refractivity contribution is 6.37. The zero-order chi connectivity index (χ0) is 18.4. The van der Waals surface area contributed by atoms with Crippen molar-refractivity contribution in [1.29, 1.82) is 0 Å². The average Bonchev–Trinajstić information content (AvgIpc) is 2.56. The quantitative estimate of drug-likeness (QED) is 0.488. The van der Waals surface area contributed by atoms with Crippen LogP contribution >= 0.6 is 46.4 Å². The van der Waals surface area contributed by atoms with Gasteiger partial charge in [0, 0.05) is 15.6 Å². The van der Waals surface area contributed by atoms with Gasteiger partial charge in [0.15, 0.2) is 6.61 Å². The predicted octanol–water partition coefficient (Wildman–Crippen LogP) is 5.61. The molecule has 2 rings (SSSR count). The van der Waals surface area contributed by atoms with Crippen molar-refractivity contribution in [2.75, 3.05) is 6.61 Å². The molecule has 0 radical (unpaired) electrons. The lowest BCUT2D eigenvalue weighted by molar-refractivity contribution is -0.123. The van der Waals surface area contributed by atoms with Gasteiger partial charge in [0.05, 0.1) is 15.8 Å². The van der Waals surface area contributed by atoms with Gasteiger partial charge in [-0.05, 0) is 36.8 Å². The van der Waals surface area contributed by atoms with Crippen molar-refractivity contribution in [1.82, 2.24) is 5.43 Å². The van der Waals surface area contributed by atoms with Crippen LogP contribution in [0.1, 0.15) is 18.9 Å². The van der Waals surface area contributed by atoms with E-state index in [4.69, 9.17) is 51.1 Å². The maximum atomic E-state index is 11.9. The summed E-state index contributed by atoms with van der Waals surface area (Å²) in [6.45, 7) is 1.66. The Morgan fingerprint density at radius 2 is 1.68 bits per heavy atom. The predicted molar refractivity (Wildman–Crippen MR) is 103 cm³/mol. The van der Waals surface area contributed by atoms with Crippen LogP contribution in [0.2, 0.25) is 20.1 Å². The molecule has 0 aliphatic carbocycles. The molecule has 0 bridgehead atoms. The van der Waals surface area contributed by atoms with Crippen molar-refractivity contribution in [3.8, 4) is 5.75 Å². The van der Waals surface area contributed by atoms with Gasteiger partial charge in [0.25, 0.3) is 5.91 Å². The summed E-state index contributed by atoms with van der Waals surface area (Å²) in [6, 6.07) is 9.83. The highest BCUT2D eigenvalue weighted by Gasteiger charge is 2.10. The number of amides is 1. The third-order valence-electron chi connectivity index (χ3n) is 3.15. The molecule has 25 heavy (non-hydrogen) atoms. The van der Waals surface area contributed by atoms with E-state index < -0.39 is 5.91 Å². The molecule has 1 amide bonds. The van der Waals surface area contributed by atoms with Gasteiger partial charge in [-0.15, -0.1) is 0 Å². The summed E-state index contributed by atoms with van der Waals surface area (Å²) in [6.07, 6.45) is 0.575. The minimum Gasteiger partial charge on any atom is -0.482 e. The lowest BCUT2D eigenvalue weighted by Crippen LogP contribution is -2.26. The minimum atomic E-state index is -0.429. The molecule has 0 spiro atoms. The SMILES string of the molecule is CC/C(=N/NC(=O)COc1ccc(Cl)cc1Cl)c1ccc(Cl)cc1Cl. The van der Waals surface area contributed by atoms with Gasteiger partial charge in [-0.2, -0.15) is 5.10 Å².